The lowest BCUT2D eigenvalue weighted by Gasteiger charge is -2.14. The van der Waals surface area contributed by atoms with Gasteiger partial charge >= 0.3 is 5.97 Å². The third-order valence-electron chi connectivity index (χ3n) is 2.96. The molecule has 20 heavy (non-hydrogen) atoms. The van der Waals surface area contributed by atoms with Crippen molar-refractivity contribution >= 4 is 11.7 Å². The molecule has 1 aromatic carbocycles. The van der Waals surface area contributed by atoms with Crippen LogP contribution in [0.3, 0.4) is 0 Å². The number of anilines is 1. The molecule has 0 saturated carbocycles. The molecular formula is C14H22N2O4. The smallest absolute Gasteiger partial charge is 0.320 e. The molecule has 1 atom stereocenters. The van der Waals surface area contributed by atoms with E-state index in [1.54, 1.807) is 14.2 Å². The number of methoxy groups -OCH3 is 2. The Bertz CT molecular complexity index is 404. The summed E-state index contributed by atoms with van der Waals surface area (Å²) in [5, 5.41) is 12.0. The molecule has 0 amide bonds. The zero-order chi connectivity index (χ0) is 15.0. The maximum atomic E-state index is 10.7. The minimum absolute atomic E-state index is 0.213. The van der Waals surface area contributed by atoms with Gasteiger partial charge in [0.15, 0.2) is 6.29 Å². The van der Waals surface area contributed by atoms with Gasteiger partial charge in [0.05, 0.1) is 0 Å². The summed E-state index contributed by atoms with van der Waals surface area (Å²) >= 11 is 0. The number of carbonyl (C=O) groups is 1. The molecule has 0 heterocycles. The van der Waals surface area contributed by atoms with Gasteiger partial charge in [-0.15, -0.1) is 0 Å². The lowest BCUT2D eigenvalue weighted by Crippen LogP contribution is -2.32. The average molecular weight is 282 g/mol. The van der Waals surface area contributed by atoms with Crippen LogP contribution in [0.4, 0.5) is 5.69 Å². The molecule has 0 fully saturated rings. The predicted molar refractivity (Wildman–Crippen MR) is 76.7 cm³/mol. The van der Waals surface area contributed by atoms with Gasteiger partial charge in [-0.2, -0.15) is 0 Å². The molecule has 4 N–H and O–H groups in total. The largest absolute Gasteiger partial charge is 0.480 e. The van der Waals surface area contributed by atoms with E-state index in [0.29, 0.717) is 6.42 Å². The molecule has 1 unspecified atom stereocenters. The first-order chi connectivity index (χ1) is 9.56. The number of nitrogens with one attached hydrogen (secondary N) is 1. The number of carboxylic acid groups (broad SMARTS) is 1. The molecule has 0 aromatic heterocycles. The highest BCUT2D eigenvalue weighted by Crippen LogP contribution is 2.11. The first kappa shape index (κ1) is 16.4. The van der Waals surface area contributed by atoms with Crippen LogP contribution in [-0.2, 0) is 20.7 Å². The molecule has 6 nitrogen and oxygen atoms in total. The minimum atomic E-state index is -0.989. The molecule has 6 heteroatoms. The van der Waals surface area contributed by atoms with Crippen LogP contribution in [0.5, 0.6) is 0 Å². The summed E-state index contributed by atoms with van der Waals surface area (Å²) in [6, 6.07) is 6.68. The molecule has 0 aliphatic heterocycles. The van der Waals surface area contributed by atoms with E-state index >= 15 is 0 Å². The Balaban J connectivity index is 2.40. The van der Waals surface area contributed by atoms with E-state index in [4.69, 9.17) is 20.3 Å². The Morgan fingerprint density at radius 2 is 1.90 bits per heavy atom. The van der Waals surface area contributed by atoms with Gasteiger partial charge in [0.1, 0.15) is 6.04 Å². The second-order valence-electron chi connectivity index (χ2n) is 4.46. The highest BCUT2D eigenvalue weighted by atomic mass is 16.7. The van der Waals surface area contributed by atoms with E-state index in [-0.39, 0.29) is 6.29 Å². The van der Waals surface area contributed by atoms with Gasteiger partial charge < -0.3 is 25.6 Å². The molecule has 0 saturated heterocycles. The lowest BCUT2D eigenvalue weighted by atomic mass is 10.1. The van der Waals surface area contributed by atoms with Crippen LogP contribution in [0.1, 0.15) is 12.0 Å². The van der Waals surface area contributed by atoms with Crippen molar-refractivity contribution in [2.45, 2.75) is 25.2 Å². The number of hydrogen-bond acceptors (Lipinski definition) is 5. The van der Waals surface area contributed by atoms with Crippen LogP contribution in [0.15, 0.2) is 24.3 Å². The zero-order valence-electron chi connectivity index (χ0n) is 11.8. The van der Waals surface area contributed by atoms with Crippen molar-refractivity contribution in [2.75, 3.05) is 26.1 Å². The Morgan fingerprint density at radius 1 is 1.30 bits per heavy atom. The Labute approximate surface area is 118 Å². The van der Waals surface area contributed by atoms with Crippen LogP contribution in [0.25, 0.3) is 0 Å². The fraction of sp³-hybridized carbons (Fsp3) is 0.500. The van der Waals surface area contributed by atoms with Crippen LogP contribution >= 0.6 is 0 Å². The first-order valence-corrected chi connectivity index (χ1v) is 6.43. The SMILES string of the molecule is COC(CCNc1ccc(CC(N)C(=O)O)cc1)OC. The topological polar surface area (TPSA) is 93.8 Å². The normalized spacial score (nSPS) is 12.4. The average Bonchev–Trinajstić information content (AvgIpc) is 2.45. The number of aliphatic carboxylic acids is 1. The van der Waals surface area contributed by atoms with Crippen LogP contribution in [-0.4, -0.2) is 44.2 Å². The van der Waals surface area contributed by atoms with E-state index in [1.807, 2.05) is 24.3 Å². The molecule has 1 rings (SSSR count). The number of nitrogens with two attached hydrogens (primary N) is 1. The van der Waals surface area contributed by atoms with Crippen molar-refractivity contribution in [1.82, 2.24) is 0 Å². The van der Waals surface area contributed by atoms with Gasteiger partial charge in [-0.1, -0.05) is 12.1 Å². The molecule has 0 radical (unpaired) electrons. The van der Waals surface area contributed by atoms with Crippen molar-refractivity contribution < 1.29 is 19.4 Å². The fourth-order valence-corrected chi connectivity index (χ4v) is 1.77. The van der Waals surface area contributed by atoms with Crippen molar-refractivity contribution in [3.05, 3.63) is 29.8 Å². The quantitative estimate of drug-likeness (QED) is 0.586. The molecule has 0 aliphatic rings. The highest BCUT2D eigenvalue weighted by molar-refractivity contribution is 5.73. The number of hydrogen-bond donors (Lipinski definition) is 3. The Morgan fingerprint density at radius 3 is 2.40 bits per heavy atom. The van der Waals surface area contributed by atoms with Crippen LogP contribution < -0.4 is 11.1 Å². The van der Waals surface area contributed by atoms with Gasteiger partial charge in [0.2, 0.25) is 0 Å². The molecule has 0 aliphatic carbocycles. The van der Waals surface area contributed by atoms with E-state index in [9.17, 15) is 4.79 Å². The minimum Gasteiger partial charge on any atom is -0.480 e. The first-order valence-electron chi connectivity index (χ1n) is 6.43. The predicted octanol–water partition coefficient (Wildman–Crippen LogP) is 1.06. The number of carboxylic acids is 1. The molecule has 0 bridgehead atoms. The van der Waals surface area contributed by atoms with Gasteiger partial charge in [-0.25, -0.2) is 0 Å². The standard InChI is InChI=1S/C14H22N2O4/c1-19-13(20-2)7-8-16-11-5-3-10(4-6-11)9-12(15)14(17)18/h3-6,12-13,16H,7-9,15H2,1-2H3,(H,17,18). The van der Waals surface area contributed by atoms with Gasteiger partial charge in [0.25, 0.3) is 0 Å². The third kappa shape index (κ3) is 5.56. The second kappa shape index (κ2) is 8.52. The second-order valence-corrected chi connectivity index (χ2v) is 4.46. The van der Waals surface area contributed by atoms with Gasteiger partial charge in [-0.3, -0.25) is 4.79 Å². The summed E-state index contributed by atoms with van der Waals surface area (Å²) in [6.45, 7) is 0.723. The summed E-state index contributed by atoms with van der Waals surface area (Å²) in [4.78, 5) is 10.7. The molecular weight excluding hydrogens is 260 g/mol. The fourth-order valence-electron chi connectivity index (χ4n) is 1.77. The number of ether oxygens (including phenoxy) is 2. The molecule has 0 spiro atoms. The molecule has 112 valence electrons. The Hall–Kier alpha value is -1.63. The van der Waals surface area contributed by atoms with Crippen molar-refractivity contribution in [1.29, 1.82) is 0 Å². The van der Waals surface area contributed by atoms with E-state index in [0.717, 1.165) is 24.2 Å². The van der Waals surface area contributed by atoms with E-state index < -0.39 is 12.0 Å². The summed E-state index contributed by atoms with van der Waals surface area (Å²) in [7, 11) is 3.21. The van der Waals surface area contributed by atoms with E-state index in [2.05, 4.69) is 5.32 Å². The van der Waals surface area contributed by atoms with Gasteiger partial charge in [0, 0.05) is 32.9 Å². The summed E-state index contributed by atoms with van der Waals surface area (Å²) in [5.74, 6) is -0.989. The highest BCUT2D eigenvalue weighted by Gasteiger charge is 2.11. The summed E-state index contributed by atoms with van der Waals surface area (Å²) in [5.41, 5.74) is 7.35. The van der Waals surface area contributed by atoms with Crippen molar-refractivity contribution in [3.8, 4) is 0 Å². The maximum Gasteiger partial charge on any atom is 0.320 e. The monoisotopic (exact) mass is 282 g/mol. The third-order valence-corrected chi connectivity index (χ3v) is 2.96. The van der Waals surface area contributed by atoms with Crippen LogP contribution in [0, 0.1) is 0 Å². The van der Waals surface area contributed by atoms with Gasteiger partial charge in [-0.05, 0) is 24.1 Å². The summed E-state index contributed by atoms with van der Waals surface area (Å²) < 4.78 is 10.2. The Kier molecular flexibility index (Phi) is 7.00. The lowest BCUT2D eigenvalue weighted by molar-refractivity contribution is -0.138. The van der Waals surface area contributed by atoms with E-state index in [1.165, 1.54) is 0 Å². The summed E-state index contributed by atoms with van der Waals surface area (Å²) in [6.07, 6.45) is 0.847. The maximum absolute atomic E-state index is 10.7. The van der Waals surface area contributed by atoms with Crippen molar-refractivity contribution in [3.63, 3.8) is 0 Å². The zero-order valence-corrected chi connectivity index (χ0v) is 11.8. The van der Waals surface area contributed by atoms with Crippen LogP contribution in [0.2, 0.25) is 0 Å². The number of benzene rings is 1. The number of rotatable bonds is 9. The molecule has 1 aromatic rings. The van der Waals surface area contributed by atoms with Crippen molar-refractivity contribution in [2.24, 2.45) is 5.73 Å².